The number of aryl methyl sites for hydroxylation is 1. The molecule has 3 rings (SSSR count). The molecule has 0 spiro atoms. The van der Waals surface area contributed by atoms with Crippen LogP contribution in [0.25, 0.3) is 5.65 Å². The molecule has 0 amide bonds. The SMILES string of the molecule is Cc1nc2ccc(N[C@@H]3CCC[C@H](N(C)C)C3)nn2n1. The Hall–Kier alpha value is -1.69. The second kappa shape index (κ2) is 5.36. The van der Waals surface area contributed by atoms with E-state index in [0.29, 0.717) is 12.1 Å². The number of hydrogen-bond donors (Lipinski definition) is 1. The highest BCUT2D eigenvalue weighted by Gasteiger charge is 2.23. The van der Waals surface area contributed by atoms with Gasteiger partial charge in [-0.25, -0.2) is 4.98 Å². The highest BCUT2D eigenvalue weighted by molar-refractivity contribution is 5.43. The Balaban J connectivity index is 1.72. The van der Waals surface area contributed by atoms with E-state index in [9.17, 15) is 0 Å². The minimum absolute atomic E-state index is 0.491. The van der Waals surface area contributed by atoms with Crippen molar-refractivity contribution in [2.75, 3.05) is 19.4 Å². The molecule has 1 saturated carbocycles. The highest BCUT2D eigenvalue weighted by atomic mass is 15.5. The fraction of sp³-hybridized carbons (Fsp3) is 0.643. The van der Waals surface area contributed by atoms with Gasteiger partial charge >= 0.3 is 0 Å². The molecule has 0 aliphatic heterocycles. The van der Waals surface area contributed by atoms with E-state index in [0.717, 1.165) is 17.3 Å². The second-order valence-electron chi connectivity index (χ2n) is 5.85. The summed E-state index contributed by atoms with van der Waals surface area (Å²) in [6.45, 7) is 1.88. The van der Waals surface area contributed by atoms with Gasteiger partial charge in [-0.2, -0.15) is 0 Å². The normalized spacial score (nSPS) is 23.4. The fourth-order valence-corrected chi connectivity index (χ4v) is 2.94. The van der Waals surface area contributed by atoms with E-state index in [2.05, 4.69) is 39.5 Å². The third-order valence-electron chi connectivity index (χ3n) is 4.04. The van der Waals surface area contributed by atoms with E-state index < -0.39 is 0 Å². The molecule has 2 aromatic rings. The van der Waals surface area contributed by atoms with Gasteiger partial charge in [0.1, 0.15) is 11.6 Å². The zero-order valence-corrected chi connectivity index (χ0v) is 12.4. The molecule has 6 nitrogen and oxygen atoms in total. The van der Waals surface area contributed by atoms with Crippen LogP contribution in [0.5, 0.6) is 0 Å². The summed E-state index contributed by atoms with van der Waals surface area (Å²) in [5.41, 5.74) is 0.794. The maximum Gasteiger partial charge on any atom is 0.176 e. The summed E-state index contributed by atoms with van der Waals surface area (Å²) in [4.78, 5) is 6.62. The first kappa shape index (κ1) is 13.3. The molecule has 0 saturated heterocycles. The lowest BCUT2D eigenvalue weighted by atomic mass is 9.90. The van der Waals surface area contributed by atoms with Gasteiger partial charge in [0.05, 0.1) is 0 Å². The molecule has 1 aliphatic carbocycles. The Labute approximate surface area is 119 Å². The third-order valence-corrected chi connectivity index (χ3v) is 4.04. The summed E-state index contributed by atoms with van der Waals surface area (Å²) in [6, 6.07) is 5.11. The van der Waals surface area contributed by atoms with Crippen LogP contribution < -0.4 is 5.32 Å². The van der Waals surface area contributed by atoms with Gasteiger partial charge in [0.2, 0.25) is 0 Å². The van der Waals surface area contributed by atoms with Crippen LogP contribution in [-0.2, 0) is 0 Å². The minimum Gasteiger partial charge on any atom is -0.366 e. The average Bonchev–Trinajstić information content (AvgIpc) is 2.78. The molecular formula is C14H22N6. The lowest BCUT2D eigenvalue weighted by Gasteiger charge is -2.33. The molecule has 1 aliphatic rings. The molecule has 1 fully saturated rings. The van der Waals surface area contributed by atoms with Crippen LogP contribution in [0.3, 0.4) is 0 Å². The number of anilines is 1. The molecule has 2 heterocycles. The van der Waals surface area contributed by atoms with Crippen molar-refractivity contribution in [3.8, 4) is 0 Å². The molecule has 0 unspecified atom stereocenters. The second-order valence-corrected chi connectivity index (χ2v) is 5.85. The molecule has 20 heavy (non-hydrogen) atoms. The highest BCUT2D eigenvalue weighted by Crippen LogP contribution is 2.24. The Morgan fingerprint density at radius 3 is 2.90 bits per heavy atom. The zero-order valence-electron chi connectivity index (χ0n) is 12.4. The number of rotatable bonds is 3. The summed E-state index contributed by atoms with van der Waals surface area (Å²) in [6.07, 6.45) is 4.94. The first-order chi connectivity index (χ1) is 9.61. The monoisotopic (exact) mass is 274 g/mol. The minimum atomic E-state index is 0.491. The van der Waals surface area contributed by atoms with Gasteiger partial charge in [0.25, 0.3) is 0 Å². The summed E-state index contributed by atoms with van der Waals surface area (Å²) in [5.74, 6) is 1.63. The summed E-state index contributed by atoms with van der Waals surface area (Å²) in [5, 5.41) is 12.3. The van der Waals surface area contributed by atoms with E-state index in [1.165, 1.54) is 25.7 Å². The average molecular weight is 274 g/mol. The topological polar surface area (TPSA) is 58.4 Å². The third kappa shape index (κ3) is 2.75. The van der Waals surface area contributed by atoms with Crippen LogP contribution in [0.1, 0.15) is 31.5 Å². The molecule has 6 heteroatoms. The maximum absolute atomic E-state index is 4.48. The standard InChI is InChI=1S/C14H22N6/c1-10-15-14-8-7-13(18-20(14)17-10)16-11-5-4-6-12(9-11)19(2)3/h7-8,11-12H,4-6,9H2,1-3H3,(H,16,18)/t11-,12+/m1/s1. The molecule has 2 atom stereocenters. The van der Waals surface area contributed by atoms with Crippen LogP contribution in [0.2, 0.25) is 0 Å². The van der Waals surface area contributed by atoms with Crippen LogP contribution in [-0.4, -0.2) is 50.9 Å². The van der Waals surface area contributed by atoms with Crippen LogP contribution in [0.15, 0.2) is 12.1 Å². The Morgan fingerprint density at radius 2 is 2.10 bits per heavy atom. The molecule has 0 aromatic carbocycles. The van der Waals surface area contributed by atoms with Gasteiger partial charge in [-0.1, -0.05) is 0 Å². The molecule has 1 N–H and O–H groups in total. The van der Waals surface area contributed by atoms with E-state index in [1.807, 2.05) is 19.1 Å². The van der Waals surface area contributed by atoms with Gasteiger partial charge in [-0.3, -0.25) is 0 Å². The summed E-state index contributed by atoms with van der Waals surface area (Å²) < 4.78 is 1.60. The first-order valence-electron chi connectivity index (χ1n) is 7.25. The van der Waals surface area contributed by atoms with Crippen molar-refractivity contribution in [2.24, 2.45) is 0 Å². The van der Waals surface area contributed by atoms with E-state index >= 15 is 0 Å². The summed E-state index contributed by atoms with van der Waals surface area (Å²) >= 11 is 0. The Morgan fingerprint density at radius 1 is 1.25 bits per heavy atom. The van der Waals surface area contributed by atoms with Crippen molar-refractivity contribution < 1.29 is 0 Å². The number of nitrogens with zero attached hydrogens (tertiary/aromatic N) is 5. The van der Waals surface area contributed by atoms with E-state index in [4.69, 9.17) is 0 Å². The predicted molar refractivity (Wildman–Crippen MR) is 78.9 cm³/mol. The van der Waals surface area contributed by atoms with Crippen molar-refractivity contribution in [2.45, 2.75) is 44.7 Å². The van der Waals surface area contributed by atoms with Gasteiger partial charge in [0.15, 0.2) is 5.65 Å². The molecule has 2 aromatic heterocycles. The van der Waals surface area contributed by atoms with Crippen molar-refractivity contribution in [3.05, 3.63) is 18.0 Å². The molecule has 0 bridgehead atoms. The van der Waals surface area contributed by atoms with Crippen molar-refractivity contribution in [3.63, 3.8) is 0 Å². The number of fused-ring (bicyclic) bond motifs is 1. The smallest absolute Gasteiger partial charge is 0.176 e. The lowest BCUT2D eigenvalue weighted by Crippen LogP contribution is -2.38. The van der Waals surface area contributed by atoms with Crippen LogP contribution >= 0.6 is 0 Å². The van der Waals surface area contributed by atoms with Crippen LogP contribution in [0, 0.1) is 6.92 Å². The first-order valence-corrected chi connectivity index (χ1v) is 7.25. The van der Waals surface area contributed by atoms with Gasteiger partial charge in [0, 0.05) is 12.1 Å². The van der Waals surface area contributed by atoms with Crippen molar-refractivity contribution in [1.82, 2.24) is 24.7 Å². The van der Waals surface area contributed by atoms with E-state index in [1.54, 1.807) is 4.63 Å². The maximum atomic E-state index is 4.48. The quantitative estimate of drug-likeness (QED) is 0.923. The number of aromatic nitrogens is 4. The number of nitrogens with one attached hydrogen (secondary N) is 1. The van der Waals surface area contributed by atoms with Gasteiger partial charge in [-0.15, -0.1) is 14.8 Å². The van der Waals surface area contributed by atoms with Crippen molar-refractivity contribution >= 4 is 11.5 Å². The van der Waals surface area contributed by atoms with Crippen LogP contribution in [0.4, 0.5) is 5.82 Å². The Bertz CT molecular complexity index is 590. The van der Waals surface area contributed by atoms with Gasteiger partial charge in [-0.05, 0) is 58.8 Å². The Kier molecular flexibility index (Phi) is 3.56. The molecule has 0 radical (unpaired) electrons. The summed E-state index contributed by atoms with van der Waals surface area (Å²) in [7, 11) is 4.32. The molecule has 108 valence electrons. The molecular weight excluding hydrogens is 252 g/mol. The van der Waals surface area contributed by atoms with E-state index in [-0.39, 0.29) is 0 Å². The fourth-order valence-electron chi connectivity index (χ4n) is 2.94. The van der Waals surface area contributed by atoms with Crippen molar-refractivity contribution in [1.29, 1.82) is 0 Å². The largest absolute Gasteiger partial charge is 0.366 e. The lowest BCUT2D eigenvalue weighted by molar-refractivity contribution is 0.219. The zero-order chi connectivity index (χ0) is 14.1. The number of hydrogen-bond acceptors (Lipinski definition) is 5. The van der Waals surface area contributed by atoms with Gasteiger partial charge < -0.3 is 10.2 Å². The predicted octanol–water partition coefficient (Wildman–Crippen LogP) is 1.72.